The SMILES string of the molecule is COCC1CC(=O)NC2CC(NC(=O)c3ccc(OC(C)C)cc3)CCC12. The van der Waals surface area contributed by atoms with Crippen LogP contribution >= 0.6 is 0 Å². The number of hydrogen-bond acceptors (Lipinski definition) is 4. The highest BCUT2D eigenvalue weighted by Crippen LogP contribution is 2.35. The molecule has 1 aliphatic heterocycles. The first-order valence-corrected chi connectivity index (χ1v) is 9.82. The van der Waals surface area contributed by atoms with E-state index in [-0.39, 0.29) is 35.9 Å². The molecule has 6 nitrogen and oxygen atoms in total. The third kappa shape index (κ3) is 5.01. The minimum absolute atomic E-state index is 0.0759. The van der Waals surface area contributed by atoms with Gasteiger partial charge in [-0.25, -0.2) is 0 Å². The Morgan fingerprint density at radius 2 is 2.00 bits per heavy atom. The van der Waals surface area contributed by atoms with Gasteiger partial charge in [-0.1, -0.05) is 0 Å². The van der Waals surface area contributed by atoms with E-state index in [1.54, 1.807) is 19.2 Å². The Morgan fingerprint density at radius 3 is 2.67 bits per heavy atom. The Bertz CT molecular complexity index is 659. The van der Waals surface area contributed by atoms with E-state index in [1.807, 2.05) is 26.0 Å². The summed E-state index contributed by atoms with van der Waals surface area (Å²) in [4.78, 5) is 24.6. The Balaban J connectivity index is 1.57. The Hall–Kier alpha value is -2.08. The summed E-state index contributed by atoms with van der Waals surface area (Å²) in [5.41, 5.74) is 0.623. The molecule has 148 valence electrons. The van der Waals surface area contributed by atoms with Gasteiger partial charge in [-0.3, -0.25) is 9.59 Å². The standard InChI is InChI=1S/C21H30N2O4/c1-13(2)27-17-7-4-14(5-8-17)21(25)22-16-6-9-18-15(12-26-3)10-20(24)23-19(18)11-16/h4-5,7-8,13,15-16,18-19H,6,9-12H2,1-3H3,(H,22,25)(H,23,24). The summed E-state index contributed by atoms with van der Waals surface area (Å²) in [6.07, 6.45) is 3.34. The summed E-state index contributed by atoms with van der Waals surface area (Å²) in [5, 5.41) is 6.24. The topological polar surface area (TPSA) is 76.7 Å². The van der Waals surface area contributed by atoms with Crippen LogP contribution in [-0.2, 0) is 9.53 Å². The molecule has 1 saturated heterocycles. The number of hydrogen-bond donors (Lipinski definition) is 2. The minimum Gasteiger partial charge on any atom is -0.491 e. The first-order valence-electron chi connectivity index (χ1n) is 9.82. The zero-order chi connectivity index (χ0) is 19.4. The van der Waals surface area contributed by atoms with Gasteiger partial charge in [-0.15, -0.1) is 0 Å². The highest BCUT2D eigenvalue weighted by atomic mass is 16.5. The predicted octanol–water partition coefficient (Wildman–Crippen LogP) is 2.52. The molecule has 2 N–H and O–H groups in total. The lowest BCUT2D eigenvalue weighted by molar-refractivity contribution is -0.128. The van der Waals surface area contributed by atoms with E-state index in [0.717, 1.165) is 25.0 Å². The van der Waals surface area contributed by atoms with Gasteiger partial charge >= 0.3 is 0 Å². The molecule has 1 heterocycles. The summed E-state index contributed by atoms with van der Waals surface area (Å²) in [7, 11) is 1.69. The van der Waals surface area contributed by atoms with Crippen molar-refractivity contribution in [3.8, 4) is 5.75 Å². The zero-order valence-corrected chi connectivity index (χ0v) is 16.4. The molecule has 0 radical (unpaired) electrons. The molecule has 0 aromatic heterocycles. The van der Waals surface area contributed by atoms with Crippen LogP contribution in [-0.4, -0.2) is 43.7 Å². The van der Waals surface area contributed by atoms with Crippen LogP contribution in [0.2, 0.25) is 0 Å². The van der Waals surface area contributed by atoms with E-state index in [0.29, 0.717) is 24.5 Å². The largest absolute Gasteiger partial charge is 0.491 e. The van der Waals surface area contributed by atoms with Crippen molar-refractivity contribution in [2.75, 3.05) is 13.7 Å². The van der Waals surface area contributed by atoms with E-state index in [1.165, 1.54) is 0 Å². The molecular weight excluding hydrogens is 344 g/mol. The van der Waals surface area contributed by atoms with Crippen LogP contribution in [0.25, 0.3) is 0 Å². The van der Waals surface area contributed by atoms with Crippen molar-refractivity contribution in [2.45, 2.75) is 57.7 Å². The zero-order valence-electron chi connectivity index (χ0n) is 16.4. The molecule has 1 aliphatic carbocycles. The summed E-state index contributed by atoms with van der Waals surface area (Å²) in [5.74, 6) is 1.48. The van der Waals surface area contributed by atoms with Crippen LogP contribution < -0.4 is 15.4 Å². The Kier molecular flexibility index (Phi) is 6.37. The average Bonchev–Trinajstić information content (AvgIpc) is 2.61. The van der Waals surface area contributed by atoms with Crippen LogP contribution in [0.4, 0.5) is 0 Å². The molecule has 6 heteroatoms. The van der Waals surface area contributed by atoms with Crippen LogP contribution in [0.15, 0.2) is 24.3 Å². The van der Waals surface area contributed by atoms with Gasteiger partial charge in [0, 0.05) is 37.8 Å². The second kappa shape index (κ2) is 8.74. The molecule has 4 atom stereocenters. The fraction of sp³-hybridized carbons (Fsp3) is 0.619. The second-order valence-corrected chi connectivity index (χ2v) is 7.93. The summed E-state index contributed by atoms with van der Waals surface area (Å²) >= 11 is 0. The maximum Gasteiger partial charge on any atom is 0.251 e. The van der Waals surface area contributed by atoms with Crippen molar-refractivity contribution in [3.63, 3.8) is 0 Å². The molecule has 0 bridgehead atoms. The summed E-state index contributed by atoms with van der Waals surface area (Å²) in [6.45, 7) is 4.56. The normalized spacial score (nSPS) is 27.6. The average molecular weight is 374 g/mol. The van der Waals surface area contributed by atoms with Gasteiger partial charge in [0.1, 0.15) is 5.75 Å². The van der Waals surface area contributed by atoms with Crippen molar-refractivity contribution in [1.82, 2.24) is 10.6 Å². The van der Waals surface area contributed by atoms with E-state index in [2.05, 4.69) is 10.6 Å². The highest BCUT2D eigenvalue weighted by molar-refractivity contribution is 5.94. The monoisotopic (exact) mass is 374 g/mol. The second-order valence-electron chi connectivity index (χ2n) is 7.93. The van der Waals surface area contributed by atoms with Gasteiger partial charge in [-0.2, -0.15) is 0 Å². The molecule has 3 rings (SSSR count). The van der Waals surface area contributed by atoms with Crippen LogP contribution in [0.3, 0.4) is 0 Å². The number of methoxy groups -OCH3 is 1. The number of carbonyl (C=O) groups is 2. The molecule has 2 fully saturated rings. The maximum absolute atomic E-state index is 12.6. The number of nitrogens with one attached hydrogen (secondary N) is 2. The predicted molar refractivity (Wildman–Crippen MR) is 103 cm³/mol. The summed E-state index contributed by atoms with van der Waals surface area (Å²) < 4.78 is 10.9. The third-order valence-electron chi connectivity index (χ3n) is 5.51. The minimum atomic E-state index is -0.0786. The molecule has 2 aliphatic rings. The van der Waals surface area contributed by atoms with Crippen molar-refractivity contribution in [1.29, 1.82) is 0 Å². The lowest BCUT2D eigenvalue weighted by Gasteiger charge is -2.43. The van der Waals surface area contributed by atoms with Gasteiger partial charge < -0.3 is 20.1 Å². The lowest BCUT2D eigenvalue weighted by atomic mass is 9.71. The number of amides is 2. The van der Waals surface area contributed by atoms with Crippen molar-refractivity contribution in [2.24, 2.45) is 11.8 Å². The number of piperidine rings is 1. The van der Waals surface area contributed by atoms with E-state index >= 15 is 0 Å². The number of benzene rings is 1. The third-order valence-corrected chi connectivity index (χ3v) is 5.51. The van der Waals surface area contributed by atoms with E-state index < -0.39 is 0 Å². The lowest BCUT2D eigenvalue weighted by Crippen LogP contribution is -2.56. The molecule has 1 saturated carbocycles. The molecule has 1 aromatic carbocycles. The van der Waals surface area contributed by atoms with Crippen LogP contribution in [0.5, 0.6) is 5.75 Å². The van der Waals surface area contributed by atoms with Crippen LogP contribution in [0.1, 0.15) is 49.9 Å². The smallest absolute Gasteiger partial charge is 0.251 e. The fourth-order valence-corrected chi connectivity index (χ4v) is 4.33. The quantitative estimate of drug-likeness (QED) is 0.802. The van der Waals surface area contributed by atoms with E-state index in [4.69, 9.17) is 9.47 Å². The molecular formula is C21H30N2O4. The molecule has 0 spiro atoms. The van der Waals surface area contributed by atoms with Gasteiger partial charge in [0.05, 0.1) is 6.10 Å². The first kappa shape index (κ1) is 19.7. The van der Waals surface area contributed by atoms with Gasteiger partial charge in [0.15, 0.2) is 0 Å². The number of rotatable bonds is 6. The Labute approximate surface area is 161 Å². The highest BCUT2D eigenvalue weighted by Gasteiger charge is 2.40. The summed E-state index contributed by atoms with van der Waals surface area (Å²) in [6, 6.07) is 7.41. The van der Waals surface area contributed by atoms with Crippen molar-refractivity contribution < 1.29 is 19.1 Å². The number of ether oxygens (including phenoxy) is 2. The number of fused-ring (bicyclic) bond motifs is 1. The Morgan fingerprint density at radius 1 is 1.26 bits per heavy atom. The molecule has 27 heavy (non-hydrogen) atoms. The van der Waals surface area contributed by atoms with Gasteiger partial charge in [0.2, 0.25) is 5.91 Å². The van der Waals surface area contributed by atoms with Crippen molar-refractivity contribution >= 4 is 11.8 Å². The first-order chi connectivity index (χ1) is 13.0. The van der Waals surface area contributed by atoms with E-state index in [9.17, 15) is 9.59 Å². The molecule has 4 unspecified atom stereocenters. The van der Waals surface area contributed by atoms with Gasteiger partial charge in [-0.05, 0) is 69.2 Å². The maximum atomic E-state index is 12.6. The van der Waals surface area contributed by atoms with Crippen molar-refractivity contribution in [3.05, 3.63) is 29.8 Å². The van der Waals surface area contributed by atoms with Gasteiger partial charge in [0.25, 0.3) is 5.91 Å². The molecule has 1 aromatic rings. The molecule has 2 amide bonds. The number of carbonyl (C=O) groups excluding carboxylic acids is 2. The fourth-order valence-electron chi connectivity index (χ4n) is 4.33. The van der Waals surface area contributed by atoms with Crippen LogP contribution in [0, 0.1) is 11.8 Å².